The Bertz CT molecular complexity index is 1230. The third kappa shape index (κ3) is 4.92. The monoisotopic (exact) mass is 430 g/mol. The molecule has 32 heavy (non-hydrogen) atoms. The van der Waals surface area contributed by atoms with E-state index < -0.39 is 11.9 Å². The molecule has 8 nitrogen and oxygen atoms in total. The largest absolute Gasteiger partial charge is 0.476 e. The molecule has 0 aliphatic carbocycles. The Balaban J connectivity index is 1.47. The average molecular weight is 430 g/mol. The number of carbonyl (C=O) groups is 2. The van der Waals surface area contributed by atoms with Gasteiger partial charge in [0.1, 0.15) is 6.61 Å². The number of nitrogens with zero attached hydrogens (tertiary/aromatic N) is 4. The van der Waals surface area contributed by atoms with E-state index in [1.54, 1.807) is 10.7 Å². The van der Waals surface area contributed by atoms with Gasteiger partial charge in [-0.2, -0.15) is 10.2 Å². The zero-order valence-electron chi connectivity index (χ0n) is 17.5. The van der Waals surface area contributed by atoms with E-state index >= 15 is 0 Å². The second-order valence-corrected chi connectivity index (χ2v) is 7.36. The van der Waals surface area contributed by atoms with E-state index in [0.29, 0.717) is 18.8 Å². The molecule has 1 N–H and O–H groups in total. The number of rotatable bonds is 8. The number of benzene rings is 2. The number of aromatic carboxylic acids is 1. The van der Waals surface area contributed by atoms with E-state index in [9.17, 15) is 14.7 Å². The summed E-state index contributed by atoms with van der Waals surface area (Å²) in [4.78, 5) is 24.0. The lowest BCUT2D eigenvalue weighted by molar-refractivity contribution is 0.0454. The quantitative estimate of drug-likeness (QED) is 0.429. The Hall–Kier alpha value is -4.20. The second-order valence-electron chi connectivity index (χ2n) is 7.36. The first-order valence-corrected chi connectivity index (χ1v) is 10.1. The Morgan fingerprint density at radius 3 is 2.00 bits per heavy atom. The SMILES string of the molecule is Cc1cc(C(=O)OCc2cc(C(=O)O)nn2Cc2ccccc2)nn1Cc1ccccc1. The number of esters is 1. The highest BCUT2D eigenvalue weighted by Gasteiger charge is 2.18. The van der Waals surface area contributed by atoms with Crippen LogP contribution in [0.15, 0.2) is 72.8 Å². The van der Waals surface area contributed by atoms with Crippen molar-refractivity contribution in [2.24, 2.45) is 0 Å². The highest BCUT2D eigenvalue weighted by Crippen LogP contribution is 2.13. The van der Waals surface area contributed by atoms with Crippen LogP contribution in [0.4, 0.5) is 0 Å². The first-order valence-electron chi connectivity index (χ1n) is 10.1. The van der Waals surface area contributed by atoms with Gasteiger partial charge in [-0.25, -0.2) is 9.59 Å². The Labute approximate surface area is 184 Å². The van der Waals surface area contributed by atoms with Gasteiger partial charge in [0.15, 0.2) is 11.4 Å². The minimum atomic E-state index is -1.14. The maximum atomic E-state index is 12.6. The summed E-state index contributed by atoms with van der Waals surface area (Å²) >= 11 is 0. The Morgan fingerprint density at radius 2 is 1.41 bits per heavy atom. The van der Waals surface area contributed by atoms with Gasteiger partial charge in [0, 0.05) is 5.69 Å². The molecule has 0 aliphatic heterocycles. The smallest absolute Gasteiger partial charge is 0.359 e. The lowest BCUT2D eigenvalue weighted by Gasteiger charge is -2.08. The maximum Gasteiger partial charge on any atom is 0.359 e. The molecule has 0 unspecified atom stereocenters. The summed E-state index contributed by atoms with van der Waals surface area (Å²) in [6, 6.07) is 22.4. The third-order valence-corrected chi connectivity index (χ3v) is 4.97. The molecular formula is C24H22N4O4. The van der Waals surface area contributed by atoms with E-state index in [4.69, 9.17) is 4.74 Å². The van der Waals surface area contributed by atoms with Gasteiger partial charge in [-0.3, -0.25) is 9.36 Å². The number of aromatic nitrogens is 4. The fraction of sp³-hybridized carbons (Fsp3) is 0.167. The number of carboxylic acid groups (broad SMARTS) is 1. The number of aryl methyl sites for hydroxylation is 1. The molecule has 2 aromatic carbocycles. The average Bonchev–Trinajstić information content (AvgIpc) is 3.37. The minimum absolute atomic E-state index is 0.102. The summed E-state index contributed by atoms with van der Waals surface area (Å²) < 4.78 is 8.71. The Kier molecular flexibility index (Phi) is 6.12. The molecule has 0 radical (unpaired) electrons. The van der Waals surface area contributed by atoms with Crippen LogP contribution in [0.5, 0.6) is 0 Å². The van der Waals surface area contributed by atoms with Crippen molar-refractivity contribution in [3.63, 3.8) is 0 Å². The van der Waals surface area contributed by atoms with Crippen molar-refractivity contribution in [1.29, 1.82) is 0 Å². The number of hydrogen-bond acceptors (Lipinski definition) is 5. The van der Waals surface area contributed by atoms with Crippen LogP contribution in [-0.4, -0.2) is 36.6 Å². The van der Waals surface area contributed by atoms with Crippen molar-refractivity contribution in [3.8, 4) is 0 Å². The van der Waals surface area contributed by atoms with Crippen molar-refractivity contribution < 1.29 is 19.4 Å². The van der Waals surface area contributed by atoms with Crippen LogP contribution in [0.3, 0.4) is 0 Å². The predicted molar refractivity (Wildman–Crippen MR) is 116 cm³/mol. The highest BCUT2D eigenvalue weighted by molar-refractivity contribution is 5.87. The van der Waals surface area contributed by atoms with Crippen LogP contribution in [0, 0.1) is 6.92 Å². The number of carbonyl (C=O) groups excluding carboxylic acids is 1. The Morgan fingerprint density at radius 1 is 0.844 bits per heavy atom. The molecule has 0 saturated carbocycles. The lowest BCUT2D eigenvalue weighted by atomic mass is 10.2. The number of carboxylic acids is 1. The van der Waals surface area contributed by atoms with Gasteiger partial charge in [0.2, 0.25) is 0 Å². The van der Waals surface area contributed by atoms with Crippen molar-refractivity contribution in [2.45, 2.75) is 26.6 Å². The van der Waals surface area contributed by atoms with E-state index in [1.165, 1.54) is 10.7 Å². The van der Waals surface area contributed by atoms with Gasteiger partial charge < -0.3 is 9.84 Å². The summed E-state index contributed by atoms with van der Waals surface area (Å²) in [7, 11) is 0. The summed E-state index contributed by atoms with van der Waals surface area (Å²) in [6.07, 6.45) is 0. The molecule has 0 spiro atoms. The van der Waals surface area contributed by atoms with Crippen LogP contribution >= 0.6 is 0 Å². The molecule has 4 rings (SSSR count). The van der Waals surface area contributed by atoms with E-state index in [0.717, 1.165) is 16.8 Å². The zero-order chi connectivity index (χ0) is 22.5. The van der Waals surface area contributed by atoms with Gasteiger partial charge in [0.05, 0.1) is 18.8 Å². The predicted octanol–water partition coefficient (Wildman–Crippen LogP) is 3.54. The summed E-state index contributed by atoms with van der Waals surface area (Å²) in [5, 5.41) is 17.8. The summed E-state index contributed by atoms with van der Waals surface area (Å²) in [6.45, 7) is 2.68. The minimum Gasteiger partial charge on any atom is -0.476 e. The van der Waals surface area contributed by atoms with Crippen LogP contribution in [0.1, 0.15) is 43.5 Å². The van der Waals surface area contributed by atoms with Gasteiger partial charge >= 0.3 is 11.9 Å². The number of hydrogen-bond donors (Lipinski definition) is 1. The molecule has 2 heterocycles. The van der Waals surface area contributed by atoms with Gasteiger partial charge in [-0.1, -0.05) is 60.7 Å². The van der Waals surface area contributed by atoms with Crippen LogP contribution < -0.4 is 0 Å². The molecule has 162 valence electrons. The summed E-state index contributed by atoms with van der Waals surface area (Å²) in [5.41, 5.74) is 3.45. The highest BCUT2D eigenvalue weighted by atomic mass is 16.5. The van der Waals surface area contributed by atoms with Crippen LogP contribution in [0.25, 0.3) is 0 Å². The zero-order valence-corrected chi connectivity index (χ0v) is 17.5. The second kappa shape index (κ2) is 9.30. The molecule has 0 atom stereocenters. The van der Waals surface area contributed by atoms with E-state index in [2.05, 4.69) is 10.2 Å². The first kappa shape index (κ1) is 21.0. The van der Waals surface area contributed by atoms with E-state index in [1.807, 2.05) is 67.6 Å². The maximum absolute atomic E-state index is 12.6. The standard InChI is InChI=1S/C24H22N4O4/c1-17-12-22(26-27(17)14-18-8-4-2-5-9-18)24(31)32-16-20-13-21(23(29)30)25-28(20)15-19-10-6-3-7-11-19/h2-13H,14-16H2,1H3,(H,29,30). The van der Waals surface area contributed by atoms with Crippen molar-refractivity contribution in [2.75, 3.05) is 0 Å². The topological polar surface area (TPSA) is 99.2 Å². The molecule has 4 aromatic rings. The molecule has 0 fully saturated rings. The van der Waals surface area contributed by atoms with Gasteiger partial charge in [0.25, 0.3) is 0 Å². The molecular weight excluding hydrogens is 408 g/mol. The van der Waals surface area contributed by atoms with Crippen LogP contribution in [0.2, 0.25) is 0 Å². The fourth-order valence-corrected chi connectivity index (χ4v) is 3.31. The van der Waals surface area contributed by atoms with Gasteiger partial charge in [-0.15, -0.1) is 0 Å². The molecule has 0 aliphatic rings. The molecule has 2 aromatic heterocycles. The lowest BCUT2D eigenvalue weighted by Crippen LogP contribution is -2.12. The number of ether oxygens (including phenoxy) is 1. The van der Waals surface area contributed by atoms with Crippen molar-refractivity contribution >= 4 is 11.9 Å². The van der Waals surface area contributed by atoms with Crippen molar-refractivity contribution in [1.82, 2.24) is 19.6 Å². The first-order chi connectivity index (χ1) is 15.5. The van der Waals surface area contributed by atoms with Gasteiger partial charge in [-0.05, 0) is 30.2 Å². The fourth-order valence-electron chi connectivity index (χ4n) is 3.31. The van der Waals surface area contributed by atoms with Crippen molar-refractivity contribution in [3.05, 3.63) is 107 Å². The molecule has 0 amide bonds. The molecule has 0 bridgehead atoms. The molecule has 0 saturated heterocycles. The molecule has 8 heteroatoms. The van der Waals surface area contributed by atoms with E-state index in [-0.39, 0.29) is 18.0 Å². The summed E-state index contributed by atoms with van der Waals surface area (Å²) in [5.74, 6) is -1.72. The normalized spacial score (nSPS) is 10.8. The van der Waals surface area contributed by atoms with Crippen LogP contribution in [-0.2, 0) is 24.4 Å². The third-order valence-electron chi connectivity index (χ3n) is 4.97.